The van der Waals surface area contributed by atoms with Crippen LogP contribution < -0.4 is 4.74 Å². The number of ether oxygens (including phenoxy) is 1. The molecular formula is C15H9BrO4. The molecule has 0 atom stereocenters. The number of carbonyl (C=O) groups is 1. The summed E-state index contributed by atoms with van der Waals surface area (Å²) in [7, 11) is 0. The van der Waals surface area contributed by atoms with Crippen LogP contribution in [0.5, 0.6) is 17.2 Å². The zero-order valence-electron chi connectivity index (χ0n) is 10.1. The molecule has 2 aromatic carbocycles. The molecule has 2 aromatic rings. The number of allylic oxidation sites excluding steroid dienone is 1. The van der Waals surface area contributed by atoms with Gasteiger partial charge in [-0.3, -0.25) is 4.79 Å². The van der Waals surface area contributed by atoms with Crippen LogP contribution in [0.2, 0.25) is 0 Å². The van der Waals surface area contributed by atoms with Gasteiger partial charge in [-0.05, 0) is 36.4 Å². The zero-order valence-corrected chi connectivity index (χ0v) is 11.7. The lowest BCUT2D eigenvalue weighted by molar-refractivity contribution is 0.101. The standard InChI is InChI=1S/C15H9BrO4/c16-9-1-4-12(18)8(5-9)6-14-15(19)11-3-2-10(17)7-13(11)20-14/h1-7,17-18H. The van der Waals surface area contributed by atoms with Gasteiger partial charge in [0.15, 0.2) is 5.76 Å². The van der Waals surface area contributed by atoms with Crippen molar-refractivity contribution in [3.63, 3.8) is 0 Å². The third-order valence-corrected chi connectivity index (χ3v) is 3.42. The van der Waals surface area contributed by atoms with Crippen LogP contribution in [0.15, 0.2) is 46.6 Å². The molecule has 5 heteroatoms. The van der Waals surface area contributed by atoms with E-state index >= 15 is 0 Å². The number of benzene rings is 2. The molecule has 0 saturated carbocycles. The van der Waals surface area contributed by atoms with Crippen LogP contribution in [0.1, 0.15) is 15.9 Å². The molecule has 0 unspecified atom stereocenters. The highest BCUT2D eigenvalue weighted by atomic mass is 79.9. The Morgan fingerprint density at radius 2 is 1.90 bits per heavy atom. The Kier molecular flexibility index (Phi) is 2.99. The van der Waals surface area contributed by atoms with Crippen LogP contribution in [0, 0.1) is 0 Å². The van der Waals surface area contributed by atoms with Crippen molar-refractivity contribution in [1.82, 2.24) is 0 Å². The first kappa shape index (κ1) is 12.7. The first-order valence-electron chi connectivity index (χ1n) is 5.80. The van der Waals surface area contributed by atoms with Gasteiger partial charge in [0.05, 0.1) is 5.56 Å². The lowest BCUT2D eigenvalue weighted by atomic mass is 10.1. The predicted octanol–water partition coefficient (Wildman–Crippen LogP) is 3.48. The van der Waals surface area contributed by atoms with E-state index in [9.17, 15) is 15.0 Å². The highest BCUT2D eigenvalue weighted by Gasteiger charge is 2.27. The summed E-state index contributed by atoms with van der Waals surface area (Å²) < 4.78 is 6.20. The Bertz CT molecular complexity index is 750. The average molecular weight is 333 g/mol. The summed E-state index contributed by atoms with van der Waals surface area (Å²) in [4.78, 5) is 12.1. The van der Waals surface area contributed by atoms with E-state index in [1.807, 2.05) is 0 Å². The molecule has 20 heavy (non-hydrogen) atoms. The normalized spacial score (nSPS) is 15.2. The predicted molar refractivity (Wildman–Crippen MR) is 76.8 cm³/mol. The van der Waals surface area contributed by atoms with Crippen LogP contribution >= 0.6 is 15.9 Å². The molecule has 0 bridgehead atoms. The molecule has 0 saturated heterocycles. The van der Waals surface area contributed by atoms with Crippen LogP contribution in [0.3, 0.4) is 0 Å². The van der Waals surface area contributed by atoms with E-state index in [2.05, 4.69) is 15.9 Å². The number of ketones is 1. The summed E-state index contributed by atoms with van der Waals surface area (Å²) in [6.45, 7) is 0. The van der Waals surface area contributed by atoms with Crippen molar-refractivity contribution >= 4 is 27.8 Å². The van der Waals surface area contributed by atoms with Gasteiger partial charge >= 0.3 is 0 Å². The van der Waals surface area contributed by atoms with Crippen molar-refractivity contribution < 1.29 is 19.7 Å². The Morgan fingerprint density at radius 1 is 1.10 bits per heavy atom. The lowest BCUT2D eigenvalue weighted by Crippen LogP contribution is -1.98. The molecule has 1 aliphatic heterocycles. The molecule has 0 aromatic heterocycles. The Labute approximate surface area is 123 Å². The number of rotatable bonds is 1. The van der Waals surface area contributed by atoms with E-state index in [0.717, 1.165) is 4.47 Å². The molecule has 0 fully saturated rings. The SMILES string of the molecule is O=C1C(=Cc2cc(Br)ccc2O)Oc2cc(O)ccc21. The number of hydrogen-bond acceptors (Lipinski definition) is 4. The quantitative estimate of drug-likeness (QED) is 0.784. The van der Waals surface area contributed by atoms with Crippen LogP contribution in [-0.4, -0.2) is 16.0 Å². The minimum Gasteiger partial charge on any atom is -0.508 e. The summed E-state index contributed by atoms with van der Waals surface area (Å²) in [5.74, 6) is 0.230. The molecule has 4 nitrogen and oxygen atoms in total. The van der Waals surface area contributed by atoms with Gasteiger partial charge in [-0.15, -0.1) is 0 Å². The molecule has 2 N–H and O–H groups in total. The number of Topliss-reactive ketones (excluding diaryl/α,β-unsaturated/α-hetero) is 1. The molecule has 100 valence electrons. The van der Waals surface area contributed by atoms with E-state index in [4.69, 9.17) is 4.74 Å². The maximum absolute atomic E-state index is 12.1. The van der Waals surface area contributed by atoms with Crippen molar-refractivity contribution in [3.05, 3.63) is 57.8 Å². The fourth-order valence-corrected chi connectivity index (χ4v) is 2.34. The average Bonchev–Trinajstić information content (AvgIpc) is 2.70. The van der Waals surface area contributed by atoms with E-state index in [1.54, 1.807) is 12.1 Å². The molecule has 0 aliphatic carbocycles. The highest BCUT2D eigenvalue weighted by molar-refractivity contribution is 9.10. The zero-order chi connectivity index (χ0) is 14.3. The fraction of sp³-hybridized carbons (Fsp3) is 0. The monoisotopic (exact) mass is 332 g/mol. The van der Waals surface area contributed by atoms with Crippen molar-refractivity contribution in [3.8, 4) is 17.2 Å². The summed E-state index contributed by atoms with van der Waals surface area (Å²) in [6.07, 6.45) is 1.47. The molecule has 3 rings (SSSR count). The highest BCUT2D eigenvalue weighted by Crippen LogP contribution is 2.35. The summed E-state index contributed by atoms with van der Waals surface area (Å²) in [5, 5.41) is 19.2. The van der Waals surface area contributed by atoms with E-state index < -0.39 is 0 Å². The third-order valence-electron chi connectivity index (χ3n) is 2.93. The second-order valence-corrected chi connectivity index (χ2v) is 5.24. The minimum atomic E-state index is -0.278. The van der Waals surface area contributed by atoms with Crippen molar-refractivity contribution in [2.75, 3.05) is 0 Å². The van der Waals surface area contributed by atoms with Crippen molar-refractivity contribution in [1.29, 1.82) is 0 Å². The van der Waals surface area contributed by atoms with Crippen molar-refractivity contribution in [2.24, 2.45) is 0 Å². The Morgan fingerprint density at radius 3 is 2.70 bits per heavy atom. The number of hydrogen-bond donors (Lipinski definition) is 2. The van der Waals surface area contributed by atoms with Crippen LogP contribution in [-0.2, 0) is 0 Å². The lowest BCUT2D eigenvalue weighted by Gasteiger charge is -2.02. The number of phenolic OH excluding ortho intramolecular Hbond substituents is 2. The van der Waals surface area contributed by atoms with Gasteiger partial charge in [0.1, 0.15) is 17.2 Å². The smallest absolute Gasteiger partial charge is 0.231 e. The van der Waals surface area contributed by atoms with Gasteiger partial charge in [0.25, 0.3) is 0 Å². The number of phenols is 2. The van der Waals surface area contributed by atoms with E-state index in [-0.39, 0.29) is 23.0 Å². The summed E-state index contributed by atoms with van der Waals surface area (Å²) in [5.41, 5.74) is 0.864. The summed E-state index contributed by atoms with van der Waals surface area (Å²) in [6, 6.07) is 9.22. The molecule has 0 amide bonds. The van der Waals surface area contributed by atoms with E-state index in [0.29, 0.717) is 16.9 Å². The first-order chi connectivity index (χ1) is 9.54. The molecule has 1 aliphatic rings. The number of carbonyl (C=O) groups excluding carboxylic acids is 1. The topological polar surface area (TPSA) is 66.8 Å². The van der Waals surface area contributed by atoms with Gasteiger partial charge in [-0.2, -0.15) is 0 Å². The largest absolute Gasteiger partial charge is 0.508 e. The Balaban J connectivity index is 2.03. The van der Waals surface area contributed by atoms with Gasteiger partial charge < -0.3 is 14.9 Å². The maximum atomic E-state index is 12.1. The van der Waals surface area contributed by atoms with Crippen molar-refractivity contribution in [2.45, 2.75) is 0 Å². The summed E-state index contributed by atoms with van der Waals surface area (Å²) >= 11 is 3.30. The number of halogens is 1. The maximum Gasteiger partial charge on any atom is 0.231 e. The molecule has 0 radical (unpaired) electrons. The number of fused-ring (bicyclic) bond motifs is 1. The van der Waals surface area contributed by atoms with Gasteiger partial charge in [0, 0.05) is 16.1 Å². The van der Waals surface area contributed by atoms with Crippen LogP contribution in [0.25, 0.3) is 6.08 Å². The second-order valence-electron chi connectivity index (χ2n) is 4.32. The first-order valence-corrected chi connectivity index (χ1v) is 6.59. The fourth-order valence-electron chi connectivity index (χ4n) is 1.96. The molecular weight excluding hydrogens is 324 g/mol. The third kappa shape index (κ3) is 2.16. The number of aromatic hydroxyl groups is 2. The second kappa shape index (κ2) is 4.68. The Hall–Kier alpha value is -2.27. The van der Waals surface area contributed by atoms with Gasteiger partial charge in [-0.1, -0.05) is 15.9 Å². The van der Waals surface area contributed by atoms with Crippen LogP contribution in [0.4, 0.5) is 0 Å². The molecule has 0 spiro atoms. The van der Waals surface area contributed by atoms with Gasteiger partial charge in [0.2, 0.25) is 5.78 Å². The molecule has 1 heterocycles. The van der Waals surface area contributed by atoms with Gasteiger partial charge in [-0.25, -0.2) is 0 Å². The minimum absolute atomic E-state index is 0.0307. The van der Waals surface area contributed by atoms with E-state index in [1.165, 1.54) is 30.3 Å².